The first-order valence-electron chi connectivity index (χ1n) is 7.75. The van der Waals surface area contributed by atoms with E-state index in [-0.39, 0.29) is 19.2 Å². The summed E-state index contributed by atoms with van der Waals surface area (Å²) in [5, 5.41) is 5.53. The van der Waals surface area contributed by atoms with Crippen molar-refractivity contribution in [1.82, 2.24) is 10.6 Å². The average Bonchev–Trinajstić information content (AvgIpc) is 2.89. The number of alkyl carbamates (subject to hydrolysis) is 1. The Hall–Kier alpha value is -2.44. The smallest absolute Gasteiger partial charge is 0.408 e. The standard InChI is InChI=1S/C17H24N2O5/c1-16(2,3)24-15(21)19-17(4,5)9-18-14(20)11-6-7-12-13(8-11)23-10-22-12/h6-8H,9-10H2,1-5H3,(H,18,20)(H,19,21). The van der Waals surface area contributed by atoms with Gasteiger partial charge in [-0.1, -0.05) is 0 Å². The highest BCUT2D eigenvalue weighted by molar-refractivity contribution is 5.95. The molecule has 0 aliphatic carbocycles. The van der Waals surface area contributed by atoms with Gasteiger partial charge in [0.1, 0.15) is 5.60 Å². The maximum absolute atomic E-state index is 12.3. The zero-order chi connectivity index (χ0) is 18.0. The van der Waals surface area contributed by atoms with E-state index in [1.165, 1.54) is 0 Å². The highest BCUT2D eigenvalue weighted by Crippen LogP contribution is 2.32. The second-order valence-electron chi connectivity index (χ2n) is 7.26. The maximum Gasteiger partial charge on any atom is 0.408 e. The van der Waals surface area contributed by atoms with Crippen LogP contribution < -0.4 is 20.1 Å². The van der Waals surface area contributed by atoms with Crippen molar-refractivity contribution in [3.05, 3.63) is 23.8 Å². The summed E-state index contributed by atoms with van der Waals surface area (Å²) < 4.78 is 15.7. The molecule has 0 unspecified atom stereocenters. The molecule has 1 heterocycles. The molecule has 2 rings (SSSR count). The summed E-state index contributed by atoms with van der Waals surface area (Å²) in [5.41, 5.74) is -0.767. The predicted octanol–water partition coefficient (Wildman–Crippen LogP) is 2.45. The molecular formula is C17H24N2O5. The minimum absolute atomic E-state index is 0.160. The zero-order valence-corrected chi connectivity index (χ0v) is 14.7. The van der Waals surface area contributed by atoms with Gasteiger partial charge in [0, 0.05) is 12.1 Å². The number of hydrogen-bond donors (Lipinski definition) is 2. The second-order valence-corrected chi connectivity index (χ2v) is 7.26. The Balaban J connectivity index is 1.89. The van der Waals surface area contributed by atoms with Gasteiger partial charge >= 0.3 is 6.09 Å². The highest BCUT2D eigenvalue weighted by Gasteiger charge is 2.25. The minimum Gasteiger partial charge on any atom is -0.454 e. The van der Waals surface area contributed by atoms with Gasteiger partial charge in [0.25, 0.3) is 5.91 Å². The molecule has 0 aromatic heterocycles. The SMILES string of the molecule is CC(C)(CNC(=O)c1ccc2c(c1)OCO2)NC(=O)OC(C)(C)C. The molecule has 0 bridgehead atoms. The lowest BCUT2D eigenvalue weighted by Crippen LogP contribution is -2.52. The van der Waals surface area contributed by atoms with Crippen LogP contribution in [0.5, 0.6) is 11.5 Å². The third-order valence-electron chi connectivity index (χ3n) is 3.16. The van der Waals surface area contributed by atoms with Gasteiger partial charge in [0.2, 0.25) is 6.79 Å². The molecule has 0 saturated heterocycles. The van der Waals surface area contributed by atoms with Crippen LogP contribution in [0.3, 0.4) is 0 Å². The summed E-state index contributed by atoms with van der Waals surface area (Å²) in [6, 6.07) is 4.99. The molecule has 0 fully saturated rings. The van der Waals surface area contributed by atoms with Crippen LogP contribution in [-0.4, -0.2) is 36.5 Å². The van der Waals surface area contributed by atoms with Crippen molar-refractivity contribution in [1.29, 1.82) is 0 Å². The lowest BCUT2D eigenvalue weighted by atomic mass is 10.1. The Morgan fingerprint density at radius 2 is 1.79 bits per heavy atom. The number of amides is 2. The van der Waals surface area contributed by atoms with E-state index in [0.717, 1.165) is 0 Å². The minimum atomic E-state index is -0.658. The van der Waals surface area contributed by atoms with E-state index in [4.69, 9.17) is 14.2 Å². The molecule has 2 N–H and O–H groups in total. The second kappa shape index (κ2) is 6.59. The van der Waals surface area contributed by atoms with Crippen LogP contribution in [0.25, 0.3) is 0 Å². The first-order chi connectivity index (χ1) is 11.1. The number of rotatable bonds is 4. The van der Waals surface area contributed by atoms with Crippen LogP contribution in [0.1, 0.15) is 45.0 Å². The molecular weight excluding hydrogens is 312 g/mol. The molecule has 0 radical (unpaired) electrons. The van der Waals surface area contributed by atoms with Gasteiger partial charge in [-0.3, -0.25) is 4.79 Å². The lowest BCUT2D eigenvalue weighted by Gasteiger charge is -2.28. The van der Waals surface area contributed by atoms with E-state index in [9.17, 15) is 9.59 Å². The normalized spacial score (nSPS) is 13.4. The summed E-state index contributed by atoms with van der Waals surface area (Å²) in [5.74, 6) is 0.916. The summed E-state index contributed by atoms with van der Waals surface area (Å²) in [7, 11) is 0. The van der Waals surface area contributed by atoms with E-state index in [1.807, 2.05) is 0 Å². The largest absolute Gasteiger partial charge is 0.454 e. The van der Waals surface area contributed by atoms with Crippen molar-refractivity contribution in [3.63, 3.8) is 0 Å². The Labute approximate surface area is 141 Å². The predicted molar refractivity (Wildman–Crippen MR) is 88.3 cm³/mol. The van der Waals surface area contributed by atoms with Crippen LogP contribution in [0.4, 0.5) is 4.79 Å². The fourth-order valence-electron chi connectivity index (χ4n) is 2.07. The Kier molecular flexibility index (Phi) is 4.91. The Bertz CT molecular complexity index is 634. The number of nitrogens with one attached hydrogen (secondary N) is 2. The van der Waals surface area contributed by atoms with Crippen molar-refractivity contribution in [2.45, 2.75) is 45.8 Å². The molecule has 0 atom stereocenters. The fourth-order valence-corrected chi connectivity index (χ4v) is 2.07. The Morgan fingerprint density at radius 3 is 2.46 bits per heavy atom. The van der Waals surface area contributed by atoms with Gasteiger partial charge in [-0.15, -0.1) is 0 Å². The van der Waals surface area contributed by atoms with Gasteiger partial charge < -0.3 is 24.8 Å². The van der Waals surface area contributed by atoms with Crippen LogP contribution >= 0.6 is 0 Å². The number of fused-ring (bicyclic) bond motifs is 1. The van der Waals surface area contributed by atoms with Crippen molar-refractivity contribution in [3.8, 4) is 11.5 Å². The van der Waals surface area contributed by atoms with Crippen LogP contribution in [0, 0.1) is 0 Å². The summed E-state index contributed by atoms with van der Waals surface area (Å²) in [6.45, 7) is 9.39. The quantitative estimate of drug-likeness (QED) is 0.882. The molecule has 1 aromatic rings. The highest BCUT2D eigenvalue weighted by atomic mass is 16.7. The number of carbonyl (C=O) groups excluding carboxylic acids is 2. The lowest BCUT2D eigenvalue weighted by molar-refractivity contribution is 0.0469. The van der Waals surface area contributed by atoms with E-state index in [0.29, 0.717) is 17.1 Å². The van der Waals surface area contributed by atoms with E-state index in [1.54, 1.807) is 52.8 Å². The number of carbonyl (C=O) groups is 2. The van der Waals surface area contributed by atoms with E-state index < -0.39 is 17.2 Å². The molecule has 0 saturated carbocycles. The topological polar surface area (TPSA) is 85.9 Å². The Morgan fingerprint density at radius 1 is 1.12 bits per heavy atom. The number of benzene rings is 1. The molecule has 1 aliphatic rings. The summed E-state index contributed by atoms with van der Waals surface area (Å²) >= 11 is 0. The van der Waals surface area contributed by atoms with Crippen molar-refractivity contribution < 1.29 is 23.8 Å². The number of ether oxygens (including phenoxy) is 3. The molecule has 1 aromatic carbocycles. The van der Waals surface area contributed by atoms with Crippen LogP contribution in [0.15, 0.2) is 18.2 Å². The van der Waals surface area contributed by atoms with Crippen LogP contribution in [-0.2, 0) is 4.74 Å². The molecule has 24 heavy (non-hydrogen) atoms. The first-order valence-corrected chi connectivity index (χ1v) is 7.75. The summed E-state index contributed by atoms with van der Waals surface area (Å²) in [4.78, 5) is 24.1. The van der Waals surface area contributed by atoms with Crippen molar-refractivity contribution in [2.24, 2.45) is 0 Å². The van der Waals surface area contributed by atoms with Gasteiger partial charge in [-0.2, -0.15) is 0 Å². The maximum atomic E-state index is 12.3. The van der Waals surface area contributed by atoms with Gasteiger partial charge in [0.15, 0.2) is 11.5 Å². The van der Waals surface area contributed by atoms with Crippen molar-refractivity contribution >= 4 is 12.0 Å². The van der Waals surface area contributed by atoms with Gasteiger partial charge in [0.05, 0.1) is 5.54 Å². The summed E-state index contributed by atoms with van der Waals surface area (Å²) in [6.07, 6.45) is -0.523. The monoisotopic (exact) mass is 336 g/mol. The van der Waals surface area contributed by atoms with Gasteiger partial charge in [-0.05, 0) is 52.8 Å². The average molecular weight is 336 g/mol. The van der Waals surface area contributed by atoms with E-state index >= 15 is 0 Å². The molecule has 2 amide bonds. The third kappa shape index (κ3) is 5.04. The molecule has 7 heteroatoms. The third-order valence-corrected chi connectivity index (χ3v) is 3.16. The zero-order valence-electron chi connectivity index (χ0n) is 14.7. The molecule has 132 valence electrons. The van der Waals surface area contributed by atoms with Gasteiger partial charge in [-0.25, -0.2) is 4.79 Å². The fraction of sp³-hybridized carbons (Fsp3) is 0.529. The number of hydrogen-bond acceptors (Lipinski definition) is 5. The molecule has 7 nitrogen and oxygen atoms in total. The molecule has 0 spiro atoms. The van der Waals surface area contributed by atoms with Crippen LogP contribution in [0.2, 0.25) is 0 Å². The van der Waals surface area contributed by atoms with Crippen molar-refractivity contribution in [2.75, 3.05) is 13.3 Å². The van der Waals surface area contributed by atoms with E-state index in [2.05, 4.69) is 10.6 Å². The first kappa shape index (κ1) is 17.9. The molecule has 1 aliphatic heterocycles.